The lowest BCUT2D eigenvalue weighted by Gasteiger charge is -2.22. The zero-order chi connectivity index (χ0) is 16.4. The lowest BCUT2D eigenvalue weighted by Crippen LogP contribution is -2.33. The third-order valence-electron chi connectivity index (χ3n) is 3.84. The number of carbonyl (C=O) groups is 1. The van der Waals surface area contributed by atoms with Gasteiger partial charge in [0, 0.05) is 19.5 Å². The van der Waals surface area contributed by atoms with E-state index in [0.29, 0.717) is 17.9 Å². The largest absolute Gasteiger partial charge is 0.495 e. The molecular formula is C18H30N2O2. The number of hydrogen-bond donors (Lipinski definition) is 1. The summed E-state index contributed by atoms with van der Waals surface area (Å²) < 4.78 is 5.15. The van der Waals surface area contributed by atoms with Crippen LogP contribution in [0.5, 0.6) is 5.75 Å². The maximum absolute atomic E-state index is 12.4. The second kappa shape index (κ2) is 10.1. The first-order valence-corrected chi connectivity index (χ1v) is 8.32. The van der Waals surface area contributed by atoms with Crippen molar-refractivity contribution in [3.63, 3.8) is 0 Å². The third kappa shape index (κ3) is 5.96. The standard InChI is InChI=1S/C18H30N2O2/c1-4-6-12-20(13-7-5-2)18(21)11-9-15-8-10-17(22-3)16(19)14-15/h8,10,14H,4-7,9,11-13,19H2,1-3H3. The highest BCUT2D eigenvalue weighted by molar-refractivity contribution is 5.76. The lowest BCUT2D eigenvalue weighted by atomic mass is 10.1. The molecule has 0 saturated heterocycles. The van der Waals surface area contributed by atoms with Crippen molar-refractivity contribution >= 4 is 11.6 Å². The van der Waals surface area contributed by atoms with Crippen LogP contribution in [0.1, 0.15) is 51.5 Å². The van der Waals surface area contributed by atoms with E-state index in [9.17, 15) is 4.79 Å². The molecule has 0 heterocycles. The Hall–Kier alpha value is -1.71. The number of benzene rings is 1. The monoisotopic (exact) mass is 306 g/mol. The Bertz CT molecular complexity index is 452. The minimum absolute atomic E-state index is 0.247. The van der Waals surface area contributed by atoms with Crippen molar-refractivity contribution in [2.45, 2.75) is 52.4 Å². The second-order valence-electron chi connectivity index (χ2n) is 5.66. The molecule has 1 rings (SSSR count). The summed E-state index contributed by atoms with van der Waals surface area (Å²) in [5, 5.41) is 0. The molecule has 4 nitrogen and oxygen atoms in total. The fourth-order valence-electron chi connectivity index (χ4n) is 2.41. The van der Waals surface area contributed by atoms with Crippen LogP contribution in [-0.4, -0.2) is 31.0 Å². The number of hydrogen-bond acceptors (Lipinski definition) is 3. The van der Waals surface area contributed by atoms with Crippen LogP contribution < -0.4 is 10.5 Å². The molecule has 1 amide bonds. The maximum Gasteiger partial charge on any atom is 0.222 e. The van der Waals surface area contributed by atoms with Gasteiger partial charge in [-0.05, 0) is 37.0 Å². The molecule has 0 atom stereocenters. The first-order valence-electron chi connectivity index (χ1n) is 8.32. The molecule has 4 heteroatoms. The molecule has 0 aliphatic heterocycles. The molecular weight excluding hydrogens is 276 g/mol. The quantitative estimate of drug-likeness (QED) is 0.671. The van der Waals surface area contributed by atoms with E-state index in [0.717, 1.165) is 50.8 Å². The van der Waals surface area contributed by atoms with Gasteiger partial charge in [-0.3, -0.25) is 4.79 Å². The highest BCUT2D eigenvalue weighted by Gasteiger charge is 2.12. The van der Waals surface area contributed by atoms with Gasteiger partial charge in [0.1, 0.15) is 5.75 Å². The highest BCUT2D eigenvalue weighted by atomic mass is 16.5. The first-order chi connectivity index (χ1) is 10.6. The molecule has 0 spiro atoms. The number of rotatable bonds is 10. The van der Waals surface area contributed by atoms with Crippen LogP contribution in [0.2, 0.25) is 0 Å². The van der Waals surface area contributed by atoms with E-state index in [4.69, 9.17) is 10.5 Å². The Kier molecular flexibility index (Phi) is 8.41. The van der Waals surface area contributed by atoms with Gasteiger partial charge in [-0.15, -0.1) is 0 Å². The number of unbranched alkanes of at least 4 members (excludes halogenated alkanes) is 2. The van der Waals surface area contributed by atoms with Gasteiger partial charge in [0.15, 0.2) is 0 Å². The van der Waals surface area contributed by atoms with Crippen LogP contribution in [-0.2, 0) is 11.2 Å². The number of nitrogen functional groups attached to an aromatic ring is 1. The molecule has 22 heavy (non-hydrogen) atoms. The normalized spacial score (nSPS) is 10.5. The van der Waals surface area contributed by atoms with Crippen LogP contribution in [0.25, 0.3) is 0 Å². The van der Waals surface area contributed by atoms with Crippen molar-refractivity contribution in [1.82, 2.24) is 4.90 Å². The number of amides is 1. The van der Waals surface area contributed by atoms with Crippen molar-refractivity contribution < 1.29 is 9.53 Å². The van der Waals surface area contributed by atoms with Gasteiger partial charge in [-0.1, -0.05) is 32.8 Å². The molecule has 0 radical (unpaired) electrons. The molecule has 1 aromatic rings. The minimum Gasteiger partial charge on any atom is -0.495 e. The smallest absolute Gasteiger partial charge is 0.222 e. The molecule has 124 valence electrons. The number of nitrogens with two attached hydrogens (primary N) is 1. The Morgan fingerprint density at radius 2 is 1.82 bits per heavy atom. The molecule has 1 aromatic carbocycles. The van der Waals surface area contributed by atoms with Crippen molar-refractivity contribution in [1.29, 1.82) is 0 Å². The summed E-state index contributed by atoms with van der Waals surface area (Å²) in [6, 6.07) is 5.74. The van der Waals surface area contributed by atoms with Crippen LogP contribution in [0.3, 0.4) is 0 Å². The van der Waals surface area contributed by atoms with Crippen LogP contribution in [0, 0.1) is 0 Å². The molecule has 0 aliphatic carbocycles. The average molecular weight is 306 g/mol. The van der Waals surface area contributed by atoms with Crippen LogP contribution in [0.4, 0.5) is 5.69 Å². The maximum atomic E-state index is 12.4. The second-order valence-corrected chi connectivity index (χ2v) is 5.66. The fraction of sp³-hybridized carbons (Fsp3) is 0.611. The first kappa shape index (κ1) is 18.3. The Labute approximate surface area is 134 Å². The van der Waals surface area contributed by atoms with E-state index < -0.39 is 0 Å². The molecule has 0 unspecified atom stereocenters. The summed E-state index contributed by atoms with van der Waals surface area (Å²) in [5.41, 5.74) is 7.62. The minimum atomic E-state index is 0.247. The molecule has 2 N–H and O–H groups in total. The van der Waals surface area contributed by atoms with E-state index in [1.807, 2.05) is 23.1 Å². The van der Waals surface area contributed by atoms with E-state index in [1.54, 1.807) is 7.11 Å². The van der Waals surface area contributed by atoms with Gasteiger partial charge < -0.3 is 15.4 Å². The average Bonchev–Trinajstić information content (AvgIpc) is 2.53. The van der Waals surface area contributed by atoms with Gasteiger partial charge in [-0.25, -0.2) is 0 Å². The lowest BCUT2D eigenvalue weighted by molar-refractivity contribution is -0.131. The third-order valence-corrected chi connectivity index (χ3v) is 3.84. The summed E-state index contributed by atoms with van der Waals surface area (Å²) in [4.78, 5) is 14.4. The van der Waals surface area contributed by atoms with E-state index in [-0.39, 0.29) is 5.91 Å². The summed E-state index contributed by atoms with van der Waals surface area (Å²) >= 11 is 0. The number of ether oxygens (including phenoxy) is 1. The molecule has 0 saturated carbocycles. The van der Waals surface area contributed by atoms with E-state index >= 15 is 0 Å². The summed E-state index contributed by atoms with van der Waals surface area (Å²) in [6.07, 6.45) is 5.65. The van der Waals surface area contributed by atoms with Crippen molar-refractivity contribution in [3.8, 4) is 5.75 Å². The van der Waals surface area contributed by atoms with Crippen LogP contribution >= 0.6 is 0 Å². The van der Waals surface area contributed by atoms with Gasteiger partial charge in [-0.2, -0.15) is 0 Å². The topological polar surface area (TPSA) is 55.6 Å². The Balaban J connectivity index is 2.55. The van der Waals surface area contributed by atoms with Gasteiger partial charge >= 0.3 is 0 Å². The van der Waals surface area contributed by atoms with Crippen molar-refractivity contribution in [3.05, 3.63) is 23.8 Å². The van der Waals surface area contributed by atoms with Gasteiger partial charge in [0.2, 0.25) is 5.91 Å². The Morgan fingerprint density at radius 1 is 1.18 bits per heavy atom. The zero-order valence-corrected chi connectivity index (χ0v) is 14.2. The number of methoxy groups -OCH3 is 1. The van der Waals surface area contributed by atoms with Gasteiger partial charge in [0.25, 0.3) is 0 Å². The SMILES string of the molecule is CCCCN(CCCC)C(=O)CCc1ccc(OC)c(N)c1. The number of nitrogens with zero attached hydrogens (tertiary/aromatic N) is 1. The number of carbonyl (C=O) groups excluding carboxylic acids is 1. The predicted molar refractivity (Wildman–Crippen MR) is 92.1 cm³/mol. The van der Waals surface area contributed by atoms with Crippen molar-refractivity contribution in [2.24, 2.45) is 0 Å². The van der Waals surface area contributed by atoms with Gasteiger partial charge in [0.05, 0.1) is 12.8 Å². The van der Waals surface area contributed by atoms with Crippen LogP contribution in [0.15, 0.2) is 18.2 Å². The summed E-state index contributed by atoms with van der Waals surface area (Å²) in [6.45, 7) is 6.06. The Morgan fingerprint density at radius 3 is 2.32 bits per heavy atom. The van der Waals surface area contributed by atoms with E-state index in [2.05, 4.69) is 13.8 Å². The fourth-order valence-corrected chi connectivity index (χ4v) is 2.41. The number of aryl methyl sites for hydroxylation is 1. The zero-order valence-electron chi connectivity index (χ0n) is 14.2. The molecule has 0 fully saturated rings. The summed E-state index contributed by atoms with van der Waals surface area (Å²) in [7, 11) is 1.61. The summed E-state index contributed by atoms with van der Waals surface area (Å²) in [5.74, 6) is 0.930. The van der Waals surface area contributed by atoms with Crippen molar-refractivity contribution in [2.75, 3.05) is 25.9 Å². The highest BCUT2D eigenvalue weighted by Crippen LogP contribution is 2.22. The number of anilines is 1. The molecule has 0 bridgehead atoms. The predicted octanol–water partition coefficient (Wildman–Crippen LogP) is 3.64. The molecule has 0 aliphatic rings. The van der Waals surface area contributed by atoms with E-state index in [1.165, 1.54) is 0 Å². The molecule has 0 aromatic heterocycles.